The highest BCUT2D eigenvalue weighted by Gasteiger charge is 2.54. The highest BCUT2D eigenvalue weighted by Crippen LogP contribution is 2.43. The molecule has 0 radical (unpaired) electrons. The largest absolute Gasteiger partial charge is 0.325 e. The number of hydrogen-bond donors (Lipinski definition) is 1. The number of amides is 2. The molecule has 26 heavy (non-hydrogen) atoms. The number of anilines is 1. The maximum absolute atomic E-state index is 13.1. The van der Waals surface area contributed by atoms with E-state index in [0.717, 1.165) is 36.7 Å². The first-order valence-corrected chi connectivity index (χ1v) is 9.40. The van der Waals surface area contributed by atoms with Crippen LogP contribution < -0.4 is 10.6 Å². The van der Waals surface area contributed by atoms with E-state index in [1.165, 1.54) is 18.4 Å². The summed E-state index contributed by atoms with van der Waals surface area (Å²) in [7, 11) is 4.03. The molecule has 5 rings (SSSR count). The maximum Gasteiger partial charge on any atom is 0.325 e. The standard InChI is InChI=1S/C19H26N6O/c1-12(20)15-8-24-7-14(13-4-5-13)6-16(17(24)21-15)25-11-19(9-22(2)10-19)23(3)18(25)26/h6-8,12-13H,4-5,9-11,20H2,1-3H3/t12-/m1/s1. The van der Waals surface area contributed by atoms with Gasteiger partial charge < -0.3 is 19.9 Å². The minimum atomic E-state index is -0.129. The molecule has 1 aliphatic carbocycles. The summed E-state index contributed by atoms with van der Waals surface area (Å²) in [4.78, 5) is 23.9. The van der Waals surface area contributed by atoms with Gasteiger partial charge in [0.15, 0.2) is 5.65 Å². The topological polar surface area (TPSA) is 70.1 Å². The lowest BCUT2D eigenvalue weighted by Gasteiger charge is -2.49. The van der Waals surface area contributed by atoms with Crippen LogP contribution in [-0.4, -0.2) is 64.5 Å². The number of likely N-dealkylation sites (tertiary alicyclic amines) is 1. The fraction of sp³-hybridized carbons (Fsp3) is 0.579. The second-order valence-electron chi connectivity index (χ2n) is 8.44. The molecule has 3 aliphatic rings. The smallest absolute Gasteiger partial charge is 0.323 e. The van der Waals surface area contributed by atoms with Gasteiger partial charge in [-0.1, -0.05) is 0 Å². The molecule has 1 atom stereocenters. The molecule has 138 valence electrons. The van der Waals surface area contributed by atoms with Gasteiger partial charge in [-0.2, -0.15) is 0 Å². The van der Waals surface area contributed by atoms with Gasteiger partial charge in [-0.15, -0.1) is 0 Å². The molecule has 2 amide bonds. The van der Waals surface area contributed by atoms with Gasteiger partial charge in [-0.05, 0) is 44.4 Å². The minimum absolute atomic E-state index is 0.0679. The van der Waals surface area contributed by atoms with Gasteiger partial charge in [0, 0.05) is 38.6 Å². The Morgan fingerprint density at radius 3 is 2.58 bits per heavy atom. The SMILES string of the molecule is C[C@@H](N)c1cn2cc(C3CC3)cc(N3CC4(CN(C)C4)N(C)C3=O)c2n1. The molecule has 2 N–H and O–H groups in total. The molecule has 7 heteroatoms. The van der Waals surface area contributed by atoms with Gasteiger partial charge in [-0.25, -0.2) is 9.78 Å². The summed E-state index contributed by atoms with van der Waals surface area (Å²) in [5.74, 6) is 0.610. The fourth-order valence-electron chi connectivity index (χ4n) is 4.49. The summed E-state index contributed by atoms with van der Waals surface area (Å²) in [6.07, 6.45) is 6.61. The van der Waals surface area contributed by atoms with Crippen molar-refractivity contribution in [2.24, 2.45) is 5.73 Å². The molecule has 2 aromatic rings. The Morgan fingerprint density at radius 2 is 1.96 bits per heavy atom. The van der Waals surface area contributed by atoms with Crippen LogP contribution in [-0.2, 0) is 0 Å². The number of fused-ring (bicyclic) bond motifs is 1. The van der Waals surface area contributed by atoms with E-state index in [0.29, 0.717) is 5.92 Å². The van der Waals surface area contributed by atoms with Crippen LogP contribution in [0.15, 0.2) is 18.5 Å². The molecule has 0 bridgehead atoms. The zero-order chi connectivity index (χ0) is 18.2. The monoisotopic (exact) mass is 354 g/mol. The Labute approximate surface area is 153 Å². The Kier molecular flexibility index (Phi) is 3.22. The minimum Gasteiger partial charge on any atom is -0.323 e. The van der Waals surface area contributed by atoms with Crippen LogP contribution in [0, 0.1) is 0 Å². The van der Waals surface area contributed by atoms with Crippen molar-refractivity contribution in [1.82, 2.24) is 19.2 Å². The van der Waals surface area contributed by atoms with E-state index in [1.54, 1.807) is 0 Å². The van der Waals surface area contributed by atoms with E-state index in [-0.39, 0.29) is 17.6 Å². The molecular weight excluding hydrogens is 328 g/mol. The molecule has 0 unspecified atom stereocenters. The van der Waals surface area contributed by atoms with E-state index < -0.39 is 0 Å². The van der Waals surface area contributed by atoms with Gasteiger partial charge >= 0.3 is 6.03 Å². The molecule has 1 saturated carbocycles. The lowest BCUT2D eigenvalue weighted by atomic mass is 9.90. The molecule has 7 nitrogen and oxygen atoms in total. The average molecular weight is 354 g/mol. The van der Waals surface area contributed by atoms with Crippen molar-refractivity contribution in [2.45, 2.75) is 37.3 Å². The van der Waals surface area contributed by atoms with Crippen molar-refractivity contribution in [2.75, 3.05) is 38.6 Å². The third kappa shape index (κ3) is 2.20. The number of rotatable bonds is 3. The molecule has 2 aromatic heterocycles. The summed E-state index contributed by atoms with van der Waals surface area (Å²) in [6.45, 7) is 4.50. The third-order valence-electron chi connectivity index (χ3n) is 6.19. The Hall–Kier alpha value is -2.12. The van der Waals surface area contributed by atoms with E-state index in [2.05, 4.69) is 28.6 Å². The molecule has 3 fully saturated rings. The Balaban J connectivity index is 1.62. The van der Waals surface area contributed by atoms with Crippen LogP contribution in [0.1, 0.15) is 43.0 Å². The lowest BCUT2D eigenvalue weighted by molar-refractivity contribution is 0.0243. The maximum atomic E-state index is 13.1. The van der Waals surface area contributed by atoms with E-state index in [4.69, 9.17) is 10.7 Å². The summed E-state index contributed by atoms with van der Waals surface area (Å²) in [5, 5.41) is 0. The quantitative estimate of drug-likeness (QED) is 0.912. The number of nitrogens with two attached hydrogens (primary N) is 1. The first-order chi connectivity index (χ1) is 12.4. The van der Waals surface area contributed by atoms with Crippen molar-refractivity contribution >= 4 is 17.4 Å². The van der Waals surface area contributed by atoms with Crippen LogP contribution in [0.4, 0.5) is 10.5 Å². The summed E-state index contributed by atoms with van der Waals surface area (Å²) >= 11 is 0. The van der Waals surface area contributed by atoms with Crippen molar-refractivity contribution in [1.29, 1.82) is 0 Å². The van der Waals surface area contributed by atoms with Crippen LogP contribution in [0.3, 0.4) is 0 Å². The lowest BCUT2D eigenvalue weighted by Crippen LogP contribution is -2.67. The molecule has 2 saturated heterocycles. The van der Waals surface area contributed by atoms with Crippen LogP contribution in [0.2, 0.25) is 0 Å². The zero-order valence-electron chi connectivity index (χ0n) is 15.6. The van der Waals surface area contributed by atoms with Gasteiger partial charge in [0.05, 0.1) is 23.5 Å². The van der Waals surface area contributed by atoms with Gasteiger partial charge in [0.25, 0.3) is 0 Å². The molecule has 2 aliphatic heterocycles. The Bertz CT molecular complexity index is 893. The number of carbonyl (C=O) groups excluding carboxylic acids is 1. The Morgan fingerprint density at radius 1 is 1.23 bits per heavy atom. The number of likely N-dealkylation sites (N-methyl/N-ethyl adjacent to an activating group) is 2. The van der Waals surface area contributed by atoms with Crippen LogP contribution in [0.25, 0.3) is 5.65 Å². The normalized spacial score (nSPS) is 23.9. The first-order valence-electron chi connectivity index (χ1n) is 9.40. The second kappa shape index (κ2) is 5.20. The van der Waals surface area contributed by atoms with Crippen molar-refractivity contribution in [3.05, 3.63) is 29.7 Å². The van der Waals surface area contributed by atoms with Gasteiger partial charge in [0.2, 0.25) is 0 Å². The van der Waals surface area contributed by atoms with Crippen molar-refractivity contribution < 1.29 is 4.79 Å². The average Bonchev–Trinajstić information content (AvgIpc) is 3.28. The zero-order valence-corrected chi connectivity index (χ0v) is 15.6. The fourth-order valence-corrected chi connectivity index (χ4v) is 4.49. The van der Waals surface area contributed by atoms with E-state index in [9.17, 15) is 4.79 Å². The van der Waals surface area contributed by atoms with Gasteiger partial charge in [-0.3, -0.25) is 4.90 Å². The summed E-state index contributed by atoms with van der Waals surface area (Å²) in [5.41, 5.74) is 9.89. The van der Waals surface area contributed by atoms with Crippen LogP contribution >= 0.6 is 0 Å². The molecule has 4 heterocycles. The van der Waals surface area contributed by atoms with Crippen molar-refractivity contribution in [3.8, 4) is 0 Å². The van der Waals surface area contributed by atoms with E-state index >= 15 is 0 Å². The predicted molar refractivity (Wildman–Crippen MR) is 101 cm³/mol. The molecular formula is C19H26N6O. The number of nitrogens with zero attached hydrogens (tertiary/aromatic N) is 5. The molecule has 0 aromatic carbocycles. The molecule has 1 spiro atoms. The third-order valence-corrected chi connectivity index (χ3v) is 6.19. The number of imidazole rings is 1. The van der Waals surface area contributed by atoms with Crippen LogP contribution in [0.5, 0.6) is 0 Å². The van der Waals surface area contributed by atoms with Gasteiger partial charge in [0.1, 0.15) is 0 Å². The highest BCUT2D eigenvalue weighted by molar-refractivity contribution is 5.99. The first kappa shape index (κ1) is 16.1. The summed E-state index contributed by atoms with van der Waals surface area (Å²) < 4.78 is 2.06. The number of pyridine rings is 1. The number of aromatic nitrogens is 2. The number of carbonyl (C=O) groups is 1. The second-order valence-corrected chi connectivity index (χ2v) is 8.44. The van der Waals surface area contributed by atoms with E-state index in [1.807, 2.05) is 30.0 Å². The predicted octanol–water partition coefficient (Wildman–Crippen LogP) is 1.79. The highest BCUT2D eigenvalue weighted by atomic mass is 16.2. The number of urea groups is 1. The summed E-state index contributed by atoms with van der Waals surface area (Å²) in [6, 6.07) is 2.12. The van der Waals surface area contributed by atoms with Crippen molar-refractivity contribution in [3.63, 3.8) is 0 Å². The number of hydrogen-bond acceptors (Lipinski definition) is 4.